The minimum atomic E-state index is -3.01. The molecule has 0 spiro atoms. The van der Waals surface area contributed by atoms with Crippen molar-refractivity contribution in [1.29, 1.82) is 0 Å². The standard InChI is InChI=1S/C15H19NO3S/c1-12-5-3-4-6-13(12)7-8-14(17)16-15(2)9-10-20(18,19)11-15/h3-8H,9-11H2,1-2H3,(H,16,17). The van der Waals surface area contributed by atoms with Crippen LogP contribution in [0.15, 0.2) is 30.3 Å². The van der Waals surface area contributed by atoms with E-state index in [0.29, 0.717) is 6.42 Å². The van der Waals surface area contributed by atoms with Crippen LogP contribution in [0, 0.1) is 6.92 Å². The maximum atomic E-state index is 11.9. The Morgan fingerprint density at radius 2 is 2.05 bits per heavy atom. The van der Waals surface area contributed by atoms with Gasteiger partial charge in [0.1, 0.15) is 0 Å². The zero-order chi connectivity index (χ0) is 14.8. The van der Waals surface area contributed by atoms with E-state index in [9.17, 15) is 13.2 Å². The van der Waals surface area contributed by atoms with Crippen LogP contribution in [0.4, 0.5) is 0 Å². The zero-order valence-electron chi connectivity index (χ0n) is 11.7. The van der Waals surface area contributed by atoms with Crippen molar-refractivity contribution in [3.8, 4) is 0 Å². The molecule has 20 heavy (non-hydrogen) atoms. The summed E-state index contributed by atoms with van der Waals surface area (Å²) in [6.45, 7) is 3.75. The summed E-state index contributed by atoms with van der Waals surface area (Å²) in [5.74, 6) is -0.0947. The van der Waals surface area contributed by atoms with Crippen LogP contribution in [-0.2, 0) is 14.6 Å². The molecule has 1 amide bonds. The summed E-state index contributed by atoms with van der Waals surface area (Å²) < 4.78 is 23.0. The molecule has 1 atom stereocenters. The van der Waals surface area contributed by atoms with Gasteiger partial charge in [0.25, 0.3) is 0 Å². The Labute approximate surface area is 119 Å². The smallest absolute Gasteiger partial charge is 0.244 e. The first-order valence-electron chi connectivity index (χ1n) is 6.56. The van der Waals surface area contributed by atoms with Gasteiger partial charge in [-0.05, 0) is 37.5 Å². The number of carbonyl (C=O) groups is 1. The molecule has 1 unspecified atom stereocenters. The molecule has 0 bridgehead atoms. The van der Waals surface area contributed by atoms with Gasteiger partial charge in [0, 0.05) is 6.08 Å². The molecule has 0 aromatic heterocycles. The quantitative estimate of drug-likeness (QED) is 0.863. The molecule has 1 N–H and O–H groups in total. The van der Waals surface area contributed by atoms with E-state index in [1.54, 1.807) is 13.0 Å². The van der Waals surface area contributed by atoms with E-state index in [2.05, 4.69) is 5.32 Å². The van der Waals surface area contributed by atoms with E-state index in [1.165, 1.54) is 6.08 Å². The van der Waals surface area contributed by atoms with E-state index >= 15 is 0 Å². The first-order chi connectivity index (χ1) is 9.30. The van der Waals surface area contributed by atoms with Crippen LogP contribution in [0.3, 0.4) is 0 Å². The van der Waals surface area contributed by atoms with E-state index in [4.69, 9.17) is 0 Å². The van der Waals surface area contributed by atoms with Crippen molar-refractivity contribution in [2.75, 3.05) is 11.5 Å². The molecule has 2 rings (SSSR count). The Bertz CT molecular complexity index is 649. The van der Waals surface area contributed by atoms with Crippen molar-refractivity contribution < 1.29 is 13.2 Å². The molecule has 108 valence electrons. The van der Waals surface area contributed by atoms with E-state index in [-0.39, 0.29) is 17.4 Å². The predicted octanol–water partition coefficient (Wildman–Crippen LogP) is 1.70. The zero-order valence-corrected chi connectivity index (χ0v) is 12.5. The molecule has 0 aliphatic carbocycles. The Kier molecular flexibility index (Phi) is 3.99. The second kappa shape index (κ2) is 5.40. The van der Waals surface area contributed by atoms with Crippen LogP contribution < -0.4 is 5.32 Å². The van der Waals surface area contributed by atoms with E-state index < -0.39 is 15.4 Å². The summed E-state index contributed by atoms with van der Waals surface area (Å²) in [6, 6.07) is 7.76. The molecule has 0 radical (unpaired) electrons. The molecule has 1 aliphatic rings. The predicted molar refractivity (Wildman–Crippen MR) is 80.0 cm³/mol. The molecule has 5 heteroatoms. The lowest BCUT2D eigenvalue weighted by Crippen LogP contribution is -2.46. The number of benzene rings is 1. The highest BCUT2D eigenvalue weighted by Gasteiger charge is 2.38. The second-order valence-corrected chi connectivity index (χ2v) is 7.77. The number of carbonyl (C=O) groups excluding carboxylic acids is 1. The molecular weight excluding hydrogens is 274 g/mol. The third kappa shape index (κ3) is 3.70. The first kappa shape index (κ1) is 14.8. The summed E-state index contributed by atoms with van der Waals surface area (Å²) in [6.07, 6.45) is 3.68. The Morgan fingerprint density at radius 3 is 2.65 bits per heavy atom. The van der Waals surface area contributed by atoms with Gasteiger partial charge in [-0.15, -0.1) is 0 Å². The topological polar surface area (TPSA) is 63.2 Å². The molecule has 1 heterocycles. The van der Waals surface area contributed by atoms with Crippen molar-refractivity contribution in [1.82, 2.24) is 5.32 Å². The number of hydrogen-bond acceptors (Lipinski definition) is 3. The lowest BCUT2D eigenvalue weighted by atomic mass is 10.0. The van der Waals surface area contributed by atoms with Gasteiger partial charge in [-0.1, -0.05) is 24.3 Å². The van der Waals surface area contributed by atoms with Crippen molar-refractivity contribution in [2.45, 2.75) is 25.8 Å². The summed E-state index contributed by atoms with van der Waals surface area (Å²) in [4.78, 5) is 11.9. The van der Waals surface area contributed by atoms with Gasteiger partial charge in [-0.2, -0.15) is 0 Å². The van der Waals surface area contributed by atoms with Crippen LogP contribution in [0.1, 0.15) is 24.5 Å². The Balaban J connectivity index is 2.02. The number of rotatable bonds is 3. The van der Waals surface area contributed by atoms with Crippen molar-refractivity contribution in [2.24, 2.45) is 0 Å². The molecule has 1 aromatic rings. The van der Waals surface area contributed by atoms with Gasteiger partial charge in [0.2, 0.25) is 5.91 Å². The molecule has 1 saturated heterocycles. The summed E-state index contributed by atoms with van der Waals surface area (Å²) in [5, 5.41) is 2.80. The van der Waals surface area contributed by atoms with E-state index in [1.807, 2.05) is 31.2 Å². The minimum absolute atomic E-state index is 0.0178. The minimum Gasteiger partial charge on any atom is -0.346 e. The lowest BCUT2D eigenvalue weighted by molar-refractivity contribution is -0.117. The first-order valence-corrected chi connectivity index (χ1v) is 8.38. The Hall–Kier alpha value is -1.62. The summed E-state index contributed by atoms with van der Waals surface area (Å²) in [5.41, 5.74) is 1.42. The Morgan fingerprint density at radius 1 is 1.35 bits per heavy atom. The average molecular weight is 293 g/mol. The van der Waals surface area contributed by atoms with Crippen molar-refractivity contribution in [3.05, 3.63) is 41.5 Å². The molecule has 1 aromatic carbocycles. The number of nitrogens with one attached hydrogen (secondary N) is 1. The summed E-state index contributed by atoms with van der Waals surface area (Å²) >= 11 is 0. The third-order valence-corrected chi connectivity index (χ3v) is 5.43. The highest BCUT2D eigenvalue weighted by atomic mass is 32.2. The third-order valence-electron chi connectivity index (χ3n) is 3.53. The van der Waals surface area contributed by atoms with Gasteiger partial charge in [0.15, 0.2) is 9.84 Å². The van der Waals surface area contributed by atoms with Gasteiger partial charge in [-0.25, -0.2) is 8.42 Å². The molecule has 1 fully saturated rings. The van der Waals surface area contributed by atoms with Gasteiger partial charge >= 0.3 is 0 Å². The van der Waals surface area contributed by atoms with Crippen molar-refractivity contribution in [3.63, 3.8) is 0 Å². The van der Waals surface area contributed by atoms with Crippen LogP contribution in [-0.4, -0.2) is 31.4 Å². The van der Waals surface area contributed by atoms with E-state index in [0.717, 1.165) is 11.1 Å². The molecule has 4 nitrogen and oxygen atoms in total. The van der Waals surface area contributed by atoms with Crippen LogP contribution in [0.5, 0.6) is 0 Å². The maximum Gasteiger partial charge on any atom is 0.244 e. The van der Waals surface area contributed by atoms with Gasteiger partial charge in [-0.3, -0.25) is 4.79 Å². The molecule has 0 saturated carbocycles. The highest BCUT2D eigenvalue weighted by molar-refractivity contribution is 7.91. The van der Waals surface area contributed by atoms with Crippen LogP contribution in [0.25, 0.3) is 6.08 Å². The fraction of sp³-hybridized carbons (Fsp3) is 0.400. The van der Waals surface area contributed by atoms with Crippen LogP contribution >= 0.6 is 0 Å². The normalized spacial score (nSPS) is 24.9. The molecular formula is C15H19NO3S. The highest BCUT2D eigenvalue weighted by Crippen LogP contribution is 2.22. The van der Waals surface area contributed by atoms with Crippen molar-refractivity contribution >= 4 is 21.8 Å². The number of sulfone groups is 1. The largest absolute Gasteiger partial charge is 0.346 e. The monoisotopic (exact) mass is 293 g/mol. The fourth-order valence-electron chi connectivity index (χ4n) is 2.39. The van der Waals surface area contributed by atoms with Gasteiger partial charge < -0.3 is 5.32 Å². The SMILES string of the molecule is Cc1ccccc1C=CC(=O)NC1(C)CCS(=O)(=O)C1. The van der Waals surface area contributed by atoms with Gasteiger partial charge in [0.05, 0.1) is 17.0 Å². The summed E-state index contributed by atoms with van der Waals surface area (Å²) in [7, 11) is -3.01. The molecule has 1 aliphatic heterocycles. The second-order valence-electron chi connectivity index (χ2n) is 5.58. The number of aryl methyl sites for hydroxylation is 1. The average Bonchev–Trinajstić information content (AvgIpc) is 2.62. The maximum absolute atomic E-state index is 11.9. The lowest BCUT2D eigenvalue weighted by Gasteiger charge is -2.22. The van der Waals surface area contributed by atoms with Crippen LogP contribution in [0.2, 0.25) is 0 Å². The fourth-order valence-corrected chi connectivity index (χ4v) is 4.48. The number of amides is 1. The number of hydrogen-bond donors (Lipinski definition) is 1.